The van der Waals surface area contributed by atoms with Crippen molar-refractivity contribution in [3.05, 3.63) is 16.1 Å². The van der Waals surface area contributed by atoms with Gasteiger partial charge in [-0.1, -0.05) is 17.3 Å². The maximum atomic E-state index is 11.0. The molecular weight excluding hydrogens is 202 g/mol. The van der Waals surface area contributed by atoms with Crippen LogP contribution in [0.3, 0.4) is 0 Å². The zero-order valence-corrected chi connectivity index (χ0v) is 8.43. The summed E-state index contributed by atoms with van der Waals surface area (Å²) >= 11 is 1.18. The molecule has 4 nitrogen and oxygen atoms in total. The monoisotopic (exact) mass is 211 g/mol. The van der Waals surface area contributed by atoms with Crippen LogP contribution in [0.15, 0.2) is 6.20 Å². The van der Waals surface area contributed by atoms with Crippen molar-refractivity contribution in [2.24, 2.45) is 0 Å². The molecule has 0 aliphatic rings. The molecule has 0 aliphatic heterocycles. The van der Waals surface area contributed by atoms with E-state index in [-0.39, 0.29) is 6.61 Å². The standard InChI is InChI=1S/C9H9NO3S/c1-13-9(12)7-6-10-8(14-7)4-2-3-5-11/h6,11H,3,5H2,1H3. The third-order valence-corrected chi connectivity index (χ3v) is 2.22. The summed E-state index contributed by atoms with van der Waals surface area (Å²) in [6.07, 6.45) is 1.84. The first kappa shape index (κ1) is 10.7. The van der Waals surface area contributed by atoms with Gasteiger partial charge in [-0.25, -0.2) is 9.78 Å². The Morgan fingerprint density at radius 1 is 1.79 bits per heavy atom. The van der Waals surface area contributed by atoms with Crippen molar-refractivity contribution >= 4 is 17.3 Å². The lowest BCUT2D eigenvalue weighted by Gasteiger charge is -1.89. The lowest BCUT2D eigenvalue weighted by atomic mass is 10.4. The summed E-state index contributed by atoms with van der Waals surface area (Å²) in [6.45, 7) is 0.0300. The highest BCUT2D eigenvalue weighted by Gasteiger charge is 2.08. The second kappa shape index (κ2) is 5.37. The average molecular weight is 211 g/mol. The number of aliphatic hydroxyl groups excluding tert-OH is 1. The molecule has 1 N–H and O–H groups in total. The van der Waals surface area contributed by atoms with E-state index in [0.29, 0.717) is 16.3 Å². The quantitative estimate of drug-likeness (QED) is 0.576. The zero-order chi connectivity index (χ0) is 10.4. The van der Waals surface area contributed by atoms with Crippen molar-refractivity contribution in [3.8, 4) is 11.8 Å². The lowest BCUT2D eigenvalue weighted by Crippen LogP contribution is -1.96. The maximum absolute atomic E-state index is 11.0. The SMILES string of the molecule is COC(=O)c1cnc(C#CCCO)s1. The van der Waals surface area contributed by atoms with Gasteiger partial charge in [-0.3, -0.25) is 0 Å². The fourth-order valence-electron chi connectivity index (χ4n) is 0.721. The van der Waals surface area contributed by atoms with E-state index in [1.807, 2.05) is 0 Å². The minimum atomic E-state index is -0.405. The topological polar surface area (TPSA) is 59.4 Å². The molecule has 0 aliphatic carbocycles. The third-order valence-electron chi connectivity index (χ3n) is 1.32. The van der Waals surface area contributed by atoms with Crippen molar-refractivity contribution in [2.45, 2.75) is 6.42 Å². The summed E-state index contributed by atoms with van der Waals surface area (Å²) in [4.78, 5) is 15.4. The second-order valence-corrected chi connectivity index (χ2v) is 3.33. The van der Waals surface area contributed by atoms with Crippen LogP contribution < -0.4 is 0 Å². The largest absolute Gasteiger partial charge is 0.465 e. The van der Waals surface area contributed by atoms with Crippen molar-refractivity contribution in [2.75, 3.05) is 13.7 Å². The van der Waals surface area contributed by atoms with Crippen LogP contribution in [0.4, 0.5) is 0 Å². The van der Waals surface area contributed by atoms with Crippen LogP contribution in [0.25, 0.3) is 0 Å². The first-order chi connectivity index (χ1) is 6.77. The summed E-state index contributed by atoms with van der Waals surface area (Å²) in [6, 6.07) is 0. The number of hydrogen-bond acceptors (Lipinski definition) is 5. The highest BCUT2D eigenvalue weighted by molar-refractivity contribution is 7.14. The zero-order valence-electron chi connectivity index (χ0n) is 7.61. The predicted molar refractivity (Wildman–Crippen MR) is 52.0 cm³/mol. The fourth-order valence-corrected chi connectivity index (χ4v) is 1.43. The molecule has 0 saturated carbocycles. The van der Waals surface area contributed by atoms with Crippen LogP contribution >= 0.6 is 11.3 Å². The van der Waals surface area contributed by atoms with Gasteiger partial charge >= 0.3 is 5.97 Å². The van der Waals surface area contributed by atoms with Gasteiger partial charge in [0, 0.05) is 6.42 Å². The molecule has 5 heteroatoms. The van der Waals surface area contributed by atoms with E-state index >= 15 is 0 Å². The van der Waals surface area contributed by atoms with Gasteiger partial charge in [-0.05, 0) is 5.92 Å². The second-order valence-electron chi connectivity index (χ2n) is 2.30. The average Bonchev–Trinajstić information content (AvgIpc) is 2.66. The number of carbonyl (C=O) groups is 1. The van der Waals surface area contributed by atoms with E-state index in [1.165, 1.54) is 24.6 Å². The summed E-state index contributed by atoms with van der Waals surface area (Å²) in [5.41, 5.74) is 0. The van der Waals surface area contributed by atoms with Gasteiger partial charge in [0.15, 0.2) is 5.01 Å². The number of hydrogen-bond donors (Lipinski definition) is 1. The number of carbonyl (C=O) groups excluding carboxylic acids is 1. The van der Waals surface area contributed by atoms with Crippen molar-refractivity contribution < 1.29 is 14.6 Å². The predicted octanol–water partition coefficient (Wildman–Crippen LogP) is 0.664. The van der Waals surface area contributed by atoms with Gasteiger partial charge in [0.2, 0.25) is 0 Å². The molecule has 1 aromatic heterocycles. The Kier molecular flexibility index (Phi) is 4.11. The Morgan fingerprint density at radius 2 is 2.57 bits per heavy atom. The van der Waals surface area contributed by atoms with Gasteiger partial charge in [-0.15, -0.1) is 0 Å². The number of nitrogens with zero attached hydrogens (tertiary/aromatic N) is 1. The van der Waals surface area contributed by atoms with Gasteiger partial charge in [0.1, 0.15) is 4.88 Å². The molecule has 0 fully saturated rings. The van der Waals surface area contributed by atoms with Crippen molar-refractivity contribution in [1.82, 2.24) is 4.98 Å². The number of aromatic nitrogens is 1. The summed E-state index contributed by atoms with van der Waals surface area (Å²) in [7, 11) is 1.32. The molecule has 0 radical (unpaired) electrons. The van der Waals surface area contributed by atoms with E-state index in [9.17, 15) is 4.79 Å². The molecule has 0 atom stereocenters. The minimum Gasteiger partial charge on any atom is -0.465 e. The van der Waals surface area contributed by atoms with Gasteiger partial charge < -0.3 is 9.84 Å². The number of esters is 1. The molecule has 0 saturated heterocycles. The molecule has 0 bridgehead atoms. The molecule has 74 valence electrons. The van der Waals surface area contributed by atoms with Gasteiger partial charge in [0.05, 0.1) is 19.9 Å². The molecular formula is C9H9NO3S. The van der Waals surface area contributed by atoms with Gasteiger partial charge in [0.25, 0.3) is 0 Å². The van der Waals surface area contributed by atoms with E-state index in [1.54, 1.807) is 0 Å². The summed E-state index contributed by atoms with van der Waals surface area (Å²) < 4.78 is 4.52. The van der Waals surface area contributed by atoms with Crippen LogP contribution in [0.5, 0.6) is 0 Å². The highest BCUT2D eigenvalue weighted by atomic mass is 32.1. The molecule has 1 heterocycles. The number of thiazole rings is 1. The molecule has 0 unspecified atom stereocenters. The Morgan fingerprint density at radius 3 is 3.21 bits per heavy atom. The number of rotatable bonds is 2. The van der Waals surface area contributed by atoms with Crippen LogP contribution in [0.2, 0.25) is 0 Å². The first-order valence-electron chi connectivity index (χ1n) is 3.92. The fraction of sp³-hybridized carbons (Fsp3) is 0.333. The molecule has 14 heavy (non-hydrogen) atoms. The summed E-state index contributed by atoms with van der Waals surface area (Å²) in [5.74, 6) is 5.05. The van der Waals surface area contributed by atoms with E-state index in [0.717, 1.165) is 0 Å². The Labute approximate surface area is 85.5 Å². The van der Waals surface area contributed by atoms with Crippen molar-refractivity contribution in [1.29, 1.82) is 0 Å². The first-order valence-corrected chi connectivity index (χ1v) is 4.73. The number of ether oxygens (including phenoxy) is 1. The molecule has 0 spiro atoms. The Balaban J connectivity index is 2.70. The van der Waals surface area contributed by atoms with E-state index in [4.69, 9.17) is 5.11 Å². The number of aliphatic hydroxyl groups is 1. The van der Waals surface area contributed by atoms with Crippen molar-refractivity contribution in [3.63, 3.8) is 0 Å². The minimum absolute atomic E-state index is 0.0300. The van der Waals surface area contributed by atoms with Crippen LogP contribution in [0.1, 0.15) is 21.1 Å². The molecule has 1 rings (SSSR count). The summed E-state index contributed by atoms with van der Waals surface area (Å²) in [5, 5.41) is 9.04. The Bertz CT molecular complexity index is 375. The van der Waals surface area contributed by atoms with E-state index in [2.05, 4.69) is 21.6 Å². The normalized spacial score (nSPS) is 9.00. The molecule has 1 aromatic rings. The van der Waals surface area contributed by atoms with Crippen LogP contribution in [0, 0.1) is 11.8 Å². The Hall–Kier alpha value is -1.38. The van der Waals surface area contributed by atoms with Crippen LogP contribution in [-0.4, -0.2) is 29.8 Å². The van der Waals surface area contributed by atoms with Crippen LogP contribution in [-0.2, 0) is 4.74 Å². The lowest BCUT2D eigenvalue weighted by molar-refractivity contribution is 0.0606. The number of methoxy groups -OCH3 is 1. The van der Waals surface area contributed by atoms with Gasteiger partial charge in [-0.2, -0.15) is 0 Å². The third kappa shape index (κ3) is 2.83. The highest BCUT2D eigenvalue weighted by Crippen LogP contribution is 2.12. The maximum Gasteiger partial charge on any atom is 0.349 e. The molecule has 0 aromatic carbocycles. The van der Waals surface area contributed by atoms with E-state index < -0.39 is 5.97 Å². The molecule has 0 amide bonds. The smallest absolute Gasteiger partial charge is 0.349 e.